The van der Waals surface area contributed by atoms with Crippen molar-refractivity contribution in [3.63, 3.8) is 0 Å². The van der Waals surface area contributed by atoms with Crippen LogP contribution < -0.4 is 10.1 Å². The molecule has 2 aromatic rings. The Kier molecular flexibility index (Phi) is 9.17. The highest BCUT2D eigenvalue weighted by Gasteiger charge is 2.23. The van der Waals surface area contributed by atoms with Gasteiger partial charge < -0.3 is 14.8 Å². The van der Waals surface area contributed by atoms with E-state index in [-0.39, 0.29) is 5.97 Å². The van der Waals surface area contributed by atoms with Crippen molar-refractivity contribution >= 4 is 11.7 Å². The predicted molar refractivity (Wildman–Crippen MR) is 118 cm³/mol. The molecule has 0 aromatic heterocycles. The van der Waals surface area contributed by atoms with E-state index >= 15 is 0 Å². The van der Waals surface area contributed by atoms with Gasteiger partial charge in [-0.25, -0.2) is 4.79 Å². The number of nitrogens with zero attached hydrogens (tertiary/aromatic N) is 2. The molecule has 0 heterocycles. The molecule has 0 amide bonds. The van der Waals surface area contributed by atoms with Crippen LogP contribution in [0.15, 0.2) is 42.5 Å². The molecule has 0 aliphatic carbocycles. The fraction of sp³-hybridized carbons (Fsp3) is 0.417. The van der Waals surface area contributed by atoms with Crippen molar-refractivity contribution in [2.75, 3.05) is 31.6 Å². The van der Waals surface area contributed by atoms with Gasteiger partial charge in [0, 0.05) is 12.2 Å². The van der Waals surface area contributed by atoms with Gasteiger partial charge in [0.05, 0.1) is 24.8 Å². The summed E-state index contributed by atoms with van der Waals surface area (Å²) in [6.07, 6.45) is 0. The minimum absolute atomic E-state index is 0.293. The fourth-order valence-corrected chi connectivity index (χ4v) is 3.21. The Bertz CT molecular complexity index is 855. The van der Waals surface area contributed by atoms with Crippen LogP contribution in [0.5, 0.6) is 5.75 Å². The lowest BCUT2D eigenvalue weighted by Crippen LogP contribution is -2.25. The van der Waals surface area contributed by atoms with E-state index in [0.717, 1.165) is 42.2 Å². The van der Waals surface area contributed by atoms with Crippen molar-refractivity contribution in [3.8, 4) is 11.8 Å². The van der Waals surface area contributed by atoms with Crippen LogP contribution in [0.2, 0.25) is 0 Å². The number of rotatable bonds is 11. The van der Waals surface area contributed by atoms with Gasteiger partial charge in [-0.15, -0.1) is 0 Å². The summed E-state index contributed by atoms with van der Waals surface area (Å²) in [5.74, 6) is 0.373. The van der Waals surface area contributed by atoms with Crippen LogP contribution in [0, 0.1) is 11.3 Å². The molecule has 1 atom stereocenters. The van der Waals surface area contributed by atoms with Gasteiger partial charge in [-0.05, 0) is 74.5 Å². The molecule has 0 aliphatic rings. The number of carbonyl (C=O) groups excluding carboxylic acids is 1. The minimum Gasteiger partial charge on any atom is -0.494 e. The average molecular weight is 410 g/mol. The third-order valence-electron chi connectivity index (χ3n) is 4.78. The molecule has 1 unspecified atom stereocenters. The molecule has 0 fully saturated rings. The van der Waals surface area contributed by atoms with E-state index in [1.807, 2.05) is 25.1 Å². The normalized spacial score (nSPS) is 11.6. The first-order chi connectivity index (χ1) is 14.5. The van der Waals surface area contributed by atoms with Gasteiger partial charge in [0.25, 0.3) is 0 Å². The zero-order chi connectivity index (χ0) is 21.9. The molecule has 0 spiro atoms. The van der Waals surface area contributed by atoms with E-state index < -0.39 is 6.04 Å². The van der Waals surface area contributed by atoms with E-state index in [4.69, 9.17) is 14.7 Å². The van der Waals surface area contributed by atoms with Crippen molar-refractivity contribution in [1.82, 2.24) is 4.90 Å². The van der Waals surface area contributed by atoms with E-state index in [0.29, 0.717) is 18.8 Å². The quantitative estimate of drug-likeness (QED) is 0.550. The Hall–Kier alpha value is -3.04. The molecule has 6 nitrogen and oxygen atoms in total. The summed E-state index contributed by atoms with van der Waals surface area (Å²) in [5.41, 5.74) is 3.16. The van der Waals surface area contributed by atoms with Crippen LogP contribution >= 0.6 is 0 Å². The number of hydrogen-bond acceptors (Lipinski definition) is 6. The molecule has 2 aromatic carbocycles. The third-order valence-corrected chi connectivity index (χ3v) is 4.78. The zero-order valence-corrected chi connectivity index (χ0v) is 18.3. The van der Waals surface area contributed by atoms with Crippen molar-refractivity contribution < 1.29 is 14.3 Å². The third kappa shape index (κ3) is 6.50. The Balaban J connectivity index is 2.42. The summed E-state index contributed by atoms with van der Waals surface area (Å²) in [6, 6.07) is 14.3. The summed E-state index contributed by atoms with van der Waals surface area (Å²) >= 11 is 0. The van der Waals surface area contributed by atoms with Crippen LogP contribution in [0.4, 0.5) is 5.69 Å². The Morgan fingerprint density at radius 2 is 1.77 bits per heavy atom. The summed E-state index contributed by atoms with van der Waals surface area (Å²) in [6.45, 7) is 11.5. The second-order valence-corrected chi connectivity index (χ2v) is 6.82. The molecular weight excluding hydrogens is 378 g/mol. The second kappa shape index (κ2) is 11.8. The number of esters is 1. The average Bonchev–Trinajstić information content (AvgIpc) is 2.76. The molecule has 160 valence electrons. The van der Waals surface area contributed by atoms with E-state index in [1.165, 1.54) is 0 Å². The molecule has 30 heavy (non-hydrogen) atoms. The minimum atomic E-state index is -0.686. The van der Waals surface area contributed by atoms with Gasteiger partial charge in [-0.3, -0.25) is 4.90 Å². The Morgan fingerprint density at radius 3 is 2.33 bits per heavy atom. The van der Waals surface area contributed by atoms with Crippen molar-refractivity contribution in [1.29, 1.82) is 5.26 Å². The van der Waals surface area contributed by atoms with Gasteiger partial charge in [-0.1, -0.05) is 19.9 Å². The SMILES string of the molecule is CCOC(=O)C(Nc1ccc(C#N)cc1)c1cc(CN(CC)CC)cc(OCC)c1. The predicted octanol–water partition coefficient (Wildman–Crippen LogP) is 4.52. The number of hydrogen-bond donors (Lipinski definition) is 1. The van der Waals surface area contributed by atoms with E-state index in [1.54, 1.807) is 31.2 Å². The summed E-state index contributed by atoms with van der Waals surface area (Å²) in [5, 5.41) is 12.3. The highest BCUT2D eigenvalue weighted by atomic mass is 16.5. The summed E-state index contributed by atoms with van der Waals surface area (Å²) < 4.78 is 11.1. The maximum absolute atomic E-state index is 12.8. The number of carbonyl (C=O) groups is 1. The molecule has 6 heteroatoms. The highest BCUT2D eigenvalue weighted by Crippen LogP contribution is 2.27. The fourth-order valence-electron chi connectivity index (χ4n) is 3.21. The first kappa shape index (κ1) is 23.2. The largest absolute Gasteiger partial charge is 0.494 e. The highest BCUT2D eigenvalue weighted by molar-refractivity contribution is 5.81. The van der Waals surface area contributed by atoms with Crippen LogP contribution in [0.25, 0.3) is 0 Å². The molecule has 2 rings (SSSR count). The lowest BCUT2D eigenvalue weighted by Gasteiger charge is -2.23. The van der Waals surface area contributed by atoms with Crippen molar-refractivity contribution in [2.24, 2.45) is 0 Å². The summed E-state index contributed by atoms with van der Waals surface area (Å²) in [7, 11) is 0. The van der Waals surface area contributed by atoms with Crippen LogP contribution in [0.3, 0.4) is 0 Å². The van der Waals surface area contributed by atoms with Crippen LogP contribution in [-0.2, 0) is 16.1 Å². The topological polar surface area (TPSA) is 74.6 Å². The number of benzene rings is 2. The van der Waals surface area contributed by atoms with Crippen LogP contribution in [0.1, 0.15) is 50.4 Å². The van der Waals surface area contributed by atoms with Gasteiger partial charge >= 0.3 is 5.97 Å². The van der Waals surface area contributed by atoms with E-state index in [2.05, 4.69) is 30.1 Å². The van der Waals surface area contributed by atoms with Crippen LogP contribution in [-0.4, -0.2) is 37.2 Å². The Labute approximate surface area is 179 Å². The number of nitriles is 1. The lowest BCUT2D eigenvalue weighted by molar-refractivity contribution is -0.144. The molecular formula is C24H31N3O3. The standard InChI is InChI=1S/C24H31N3O3/c1-5-27(6-2)17-19-13-20(15-22(14-19)29-7-3)23(24(28)30-8-4)26-21-11-9-18(16-25)10-12-21/h9-15,23,26H,5-8,17H2,1-4H3. The maximum atomic E-state index is 12.8. The molecule has 0 saturated carbocycles. The zero-order valence-electron chi connectivity index (χ0n) is 18.3. The molecule has 1 N–H and O–H groups in total. The molecule has 0 aliphatic heterocycles. The maximum Gasteiger partial charge on any atom is 0.333 e. The first-order valence-electron chi connectivity index (χ1n) is 10.5. The van der Waals surface area contributed by atoms with Gasteiger partial charge in [-0.2, -0.15) is 5.26 Å². The van der Waals surface area contributed by atoms with Crippen molar-refractivity contribution in [3.05, 3.63) is 59.2 Å². The lowest BCUT2D eigenvalue weighted by atomic mass is 10.0. The van der Waals surface area contributed by atoms with Crippen molar-refractivity contribution in [2.45, 2.75) is 40.3 Å². The second-order valence-electron chi connectivity index (χ2n) is 6.82. The van der Waals surface area contributed by atoms with Gasteiger partial charge in [0.1, 0.15) is 5.75 Å². The van der Waals surface area contributed by atoms with Gasteiger partial charge in [0.2, 0.25) is 0 Å². The summed E-state index contributed by atoms with van der Waals surface area (Å²) in [4.78, 5) is 15.1. The monoisotopic (exact) mass is 409 g/mol. The van der Waals surface area contributed by atoms with Gasteiger partial charge in [0.15, 0.2) is 6.04 Å². The molecule has 0 radical (unpaired) electrons. The number of nitrogens with one attached hydrogen (secondary N) is 1. The first-order valence-corrected chi connectivity index (χ1v) is 10.5. The Morgan fingerprint density at radius 1 is 1.07 bits per heavy atom. The van der Waals surface area contributed by atoms with E-state index in [9.17, 15) is 4.79 Å². The number of anilines is 1. The number of ether oxygens (including phenoxy) is 2. The molecule has 0 bridgehead atoms. The smallest absolute Gasteiger partial charge is 0.333 e. The molecule has 0 saturated heterocycles.